The third-order valence-corrected chi connectivity index (χ3v) is 8.41. The summed E-state index contributed by atoms with van der Waals surface area (Å²) in [7, 11) is 0. The fourth-order valence-corrected chi connectivity index (χ4v) is 4.88. The number of hydrogen-bond acceptors (Lipinski definition) is 8. The second kappa shape index (κ2) is 19.7. The summed E-state index contributed by atoms with van der Waals surface area (Å²) in [4.78, 5) is 25.1. The van der Waals surface area contributed by atoms with Crippen LogP contribution in [-0.4, -0.2) is 58.8 Å². The predicted molar refractivity (Wildman–Crippen MR) is 178 cm³/mol. The van der Waals surface area contributed by atoms with Gasteiger partial charge in [-0.15, -0.1) is 0 Å². The Hall–Kier alpha value is -3.62. The van der Waals surface area contributed by atoms with Gasteiger partial charge in [-0.2, -0.15) is 0 Å². The second-order valence-electron chi connectivity index (χ2n) is 11.7. The molecular weight excluding hydrogens is 572 g/mol. The van der Waals surface area contributed by atoms with Gasteiger partial charge in [0, 0.05) is 0 Å². The molecule has 2 aromatic carbocycles. The number of benzene rings is 2. The zero-order valence-electron chi connectivity index (χ0n) is 27.3. The van der Waals surface area contributed by atoms with Crippen LogP contribution in [0, 0.1) is 17.3 Å². The first-order valence-corrected chi connectivity index (χ1v) is 16.3. The second-order valence-corrected chi connectivity index (χ2v) is 11.7. The molecule has 0 amide bonds. The Morgan fingerprint density at radius 3 is 1.31 bits per heavy atom. The largest absolute Gasteiger partial charge is 0.511 e. The van der Waals surface area contributed by atoms with Gasteiger partial charge in [0.25, 0.3) is 0 Å². The number of rotatable bonds is 20. The molecule has 0 aliphatic rings. The molecule has 4 N–H and O–H groups in total. The number of aliphatic hydroxyl groups is 4. The van der Waals surface area contributed by atoms with E-state index < -0.39 is 42.1 Å². The molecule has 248 valence electrons. The smallest absolute Gasteiger partial charge is 0.338 e. The first kappa shape index (κ1) is 37.6. The number of ether oxygens (including phenoxy) is 2. The average Bonchev–Trinajstić information content (AvgIpc) is 3.06. The molecule has 0 saturated heterocycles. The Kier molecular flexibility index (Phi) is 16.4. The third-order valence-electron chi connectivity index (χ3n) is 8.41. The van der Waals surface area contributed by atoms with Crippen LogP contribution in [0.4, 0.5) is 0 Å². The number of hydrogen-bond donors (Lipinski definition) is 4. The molecule has 0 fully saturated rings. The molecule has 2 atom stereocenters. The molecule has 8 nitrogen and oxygen atoms in total. The van der Waals surface area contributed by atoms with E-state index in [0.717, 1.165) is 51.4 Å². The monoisotopic (exact) mass is 624 g/mol. The van der Waals surface area contributed by atoms with Gasteiger partial charge in [0.05, 0.1) is 37.6 Å². The van der Waals surface area contributed by atoms with Gasteiger partial charge in [0.15, 0.2) is 0 Å². The minimum absolute atomic E-state index is 0.326. The number of aliphatic hydroxyl groups excluding tert-OH is 4. The Bertz CT molecular complexity index is 1130. The third kappa shape index (κ3) is 11.4. The average molecular weight is 625 g/mol. The first-order valence-electron chi connectivity index (χ1n) is 16.3. The van der Waals surface area contributed by atoms with Crippen molar-refractivity contribution >= 4 is 24.1 Å². The van der Waals surface area contributed by atoms with Crippen LogP contribution >= 0.6 is 0 Å². The molecule has 2 aromatic rings. The van der Waals surface area contributed by atoms with Crippen LogP contribution in [0.5, 0.6) is 0 Å². The van der Waals surface area contributed by atoms with E-state index in [-0.39, 0.29) is 0 Å². The Balaban J connectivity index is 2.12. The summed E-state index contributed by atoms with van der Waals surface area (Å²) in [6.07, 6.45) is 10.9. The van der Waals surface area contributed by atoms with Gasteiger partial charge in [-0.25, -0.2) is 9.59 Å². The van der Waals surface area contributed by atoms with Gasteiger partial charge >= 0.3 is 11.9 Å². The molecule has 2 rings (SSSR count). The van der Waals surface area contributed by atoms with E-state index >= 15 is 0 Å². The van der Waals surface area contributed by atoms with Crippen LogP contribution in [-0.2, 0) is 9.47 Å². The highest BCUT2D eigenvalue weighted by atomic mass is 16.5. The van der Waals surface area contributed by atoms with Crippen molar-refractivity contribution in [2.45, 2.75) is 79.1 Å². The van der Waals surface area contributed by atoms with E-state index in [9.17, 15) is 30.0 Å². The maximum absolute atomic E-state index is 12.5. The Labute approximate surface area is 268 Å². The molecule has 8 heteroatoms. The minimum atomic E-state index is -1.88. The van der Waals surface area contributed by atoms with Crippen molar-refractivity contribution in [1.82, 2.24) is 0 Å². The maximum atomic E-state index is 12.5. The molecule has 0 bridgehead atoms. The normalized spacial score (nSPS) is 13.7. The summed E-state index contributed by atoms with van der Waals surface area (Å²) in [5, 5.41) is 42.3. The topological polar surface area (TPSA) is 134 Å². The molecule has 45 heavy (non-hydrogen) atoms. The van der Waals surface area contributed by atoms with Gasteiger partial charge in [0.2, 0.25) is 0 Å². The van der Waals surface area contributed by atoms with Crippen molar-refractivity contribution in [2.75, 3.05) is 26.4 Å². The van der Waals surface area contributed by atoms with Crippen molar-refractivity contribution in [3.63, 3.8) is 0 Å². The zero-order chi connectivity index (χ0) is 33.2. The van der Waals surface area contributed by atoms with E-state index in [2.05, 4.69) is 27.7 Å². The molecule has 0 radical (unpaired) electrons. The van der Waals surface area contributed by atoms with Gasteiger partial charge in [-0.3, -0.25) is 0 Å². The quantitative estimate of drug-likeness (QED) is 0.0863. The van der Waals surface area contributed by atoms with Crippen molar-refractivity contribution in [1.29, 1.82) is 0 Å². The van der Waals surface area contributed by atoms with E-state index in [1.54, 1.807) is 48.5 Å². The lowest BCUT2D eigenvalue weighted by atomic mass is 9.83. The lowest BCUT2D eigenvalue weighted by Gasteiger charge is -2.28. The highest BCUT2D eigenvalue weighted by Gasteiger charge is 2.38. The highest BCUT2D eigenvalue weighted by molar-refractivity contribution is 5.90. The van der Waals surface area contributed by atoms with Crippen molar-refractivity contribution in [3.8, 4) is 0 Å². The van der Waals surface area contributed by atoms with Gasteiger partial charge < -0.3 is 29.9 Å². The molecule has 0 spiro atoms. The zero-order valence-corrected chi connectivity index (χ0v) is 27.3. The molecule has 0 saturated carbocycles. The number of carbonyl (C=O) groups excluding carboxylic acids is 2. The summed E-state index contributed by atoms with van der Waals surface area (Å²) in [6.45, 7) is 7.60. The van der Waals surface area contributed by atoms with Crippen molar-refractivity contribution < 1.29 is 39.5 Å². The van der Waals surface area contributed by atoms with Gasteiger partial charge in [-0.1, -0.05) is 90.5 Å². The fourth-order valence-electron chi connectivity index (χ4n) is 4.88. The van der Waals surface area contributed by atoms with Crippen LogP contribution in [0.25, 0.3) is 12.2 Å². The van der Waals surface area contributed by atoms with Crippen LogP contribution in [0.1, 0.15) is 111 Å². The van der Waals surface area contributed by atoms with Gasteiger partial charge in [-0.05, 0) is 72.2 Å². The summed E-state index contributed by atoms with van der Waals surface area (Å²) >= 11 is 0. The first-order chi connectivity index (χ1) is 21.7. The van der Waals surface area contributed by atoms with Crippen LogP contribution in [0.15, 0.2) is 60.0 Å². The molecule has 0 aliphatic carbocycles. The summed E-state index contributed by atoms with van der Waals surface area (Å²) < 4.78 is 11.0. The summed E-state index contributed by atoms with van der Waals surface area (Å²) in [6, 6.07) is 12.7. The van der Waals surface area contributed by atoms with Crippen LogP contribution in [0.3, 0.4) is 0 Å². The van der Waals surface area contributed by atoms with E-state index in [1.165, 1.54) is 12.2 Å². The van der Waals surface area contributed by atoms with Gasteiger partial charge in [0.1, 0.15) is 16.9 Å². The van der Waals surface area contributed by atoms with Crippen molar-refractivity contribution in [2.24, 2.45) is 17.3 Å². The van der Waals surface area contributed by atoms with Crippen LogP contribution in [0.2, 0.25) is 0 Å². The number of unbranched alkanes of at least 4 members (excludes halogenated alkanes) is 2. The molecule has 0 aliphatic heterocycles. The standard InChI is InChI=1S/C37H52O8/c1-5-9-11-27(7-3)23-44-35(42)31-17-13-29(14-18-31)21-33(40)37(25-38,26-39)34(41)22-30-15-19-32(20-16-30)36(43)45-24-28(8-4)12-10-6-2/h13-22,27-28,38-41H,5-12,23-26H2,1-4H3. The minimum Gasteiger partial charge on any atom is -0.511 e. The maximum Gasteiger partial charge on any atom is 0.338 e. The summed E-state index contributed by atoms with van der Waals surface area (Å²) in [5.41, 5.74) is -0.175. The van der Waals surface area contributed by atoms with E-state index in [1.807, 2.05) is 0 Å². The Morgan fingerprint density at radius 1 is 0.667 bits per heavy atom. The molecule has 0 aromatic heterocycles. The Morgan fingerprint density at radius 2 is 1.02 bits per heavy atom. The number of esters is 2. The molecule has 2 unspecified atom stereocenters. The lowest BCUT2D eigenvalue weighted by molar-refractivity contribution is 0.0419. The fraction of sp³-hybridized carbons (Fsp3) is 0.514. The van der Waals surface area contributed by atoms with Crippen molar-refractivity contribution in [3.05, 3.63) is 82.3 Å². The van der Waals surface area contributed by atoms with Crippen LogP contribution < -0.4 is 0 Å². The summed E-state index contributed by atoms with van der Waals surface area (Å²) in [5.74, 6) is -1.14. The lowest BCUT2D eigenvalue weighted by Crippen LogP contribution is -2.34. The predicted octanol–water partition coefficient (Wildman–Crippen LogP) is 7.90. The SMILES string of the molecule is CCCCC(CC)COC(=O)c1ccc(C=C(O)C(CO)(CO)C(O)=Cc2ccc(C(=O)OCC(CC)CCCC)cc2)cc1. The molecular formula is C37H52O8. The molecule has 0 heterocycles. The van der Waals surface area contributed by atoms with E-state index in [4.69, 9.17) is 9.47 Å². The van der Waals surface area contributed by atoms with E-state index in [0.29, 0.717) is 47.3 Å². The number of carbonyl (C=O) groups is 2. The highest BCUT2D eigenvalue weighted by Crippen LogP contribution is 2.34.